The van der Waals surface area contributed by atoms with Crippen LogP contribution in [0.15, 0.2) is 51.8 Å². The Morgan fingerprint density at radius 2 is 1.86 bits per heavy atom. The lowest BCUT2D eigenvalue weighted by atomic mass is 10.1. The summed E-state index contributed by atoms with van der Waals surface area (Å²) in [7, 11) is -3.68. The highest BCUT2D eigenvalue weighted by atomic mass is 79.9. The molecule has 112 valence electrons. The Hall–Kier alpha value is -1.37. The number of benzene rings is 2. The first-order chi connectivity index (χ1) is 9.97. The average molecular weight is 370 g/mol. The summed E-state index contributed by atoms with van der Waals surface area (Å²) in [6.07, 6.45) is 0.744. The molecule has 0 amide bonds. The van der Waals surface area contributed by atoms with E-state index >= 15 is 0 Å². The Morgan fingerprint density at radius 1 is 1.14 bits per heavy atom. The van der Waals surface area contributed by atoms with Gasteiger partial charge in [0.05, 0.1) is 17.2 Å². The van der Waals surface area contributed by atoms with Crippen molar-refractivity contribution in [2.75, 3.05) is 4.72 Å². The number of aliphatic hydroxyl groups is 1. The molecule has 2 rings (SSSR count). The van der Waals surface area contributed by atoms with Crippen LogP contribution in [0.3, 0.4) is 0 Å². The minimum absolute atomic E-state index is 0.138. The second-order valence-corrected chi connectivity index (χ2v) is 7.06. The molecule has 2 aromatic rings. The van der Waals surface area contributed by atoms with Gasteiger partial charge in [0.15, 0.2) is 0 Å². The number of sulfonamides is 1. The first-order valence-electron chi connectivity index (χ1n) is 6.48. The van der Waals surface area contributed by atoms with Gasteiger partial charge in [-0.2, -0.15) is 0 Å². The molecule has 0 aliphatic heterocycles. The van der Waals surface area contributed by atoms with E-state index in [1.165, 1.54) is 6.07 Å². The van der Waals surface area contributed by atoms with E-state index in [0.29, 0.717) is 15.7 Å². The molecular weight excluding hydrogens is 354 g/mol. The smallest absolute Gasteiger partial charge is 0.261 e. The topological polar surface area (TPSA) is 66.4 Å². The van der Waals surface area contributed by atoms with Crippen LogP contribution in [0.2, 0.25) is 0 Å². The van der Waals surface area contributed by atoms with E-state index in [2.05, 4.69) is 20.7 Å². The molecule has 0 aliphatic rings. The highest BCUT2D eigenvalue weighted by Crippen LogP contribution is 2.25. The number of nitrogens with one attached hydrogen (secondary N) is 1. The van der Waals surface area contributed by atoms with E-state index < -0.39 is 10.0 Å². The second kappa shape index (κ2) is 6.60. The number of aliphatic hydroxyl groups excluding tert-OH is 1. The van der Waals surface area contributed by atoms with E-state index in [1.807, 2.05) is 13.0 Å². The summed E-state index contributed by atoms with van der Waals surface area (Å²) in [4.78, 5) is 0.138. The first kappa shape index (κ1) is 16.0. The van der Waals surface area contributed by atoms with E-state index in [-0.39, 0.29) is 11.5 Å². The van der Waals surface area contributed by atoms with Gasteiger partial charge in [0.2, 0.25) is 0 Å². The second-order valence-electron chi connectivity index (χ2n) is 4.53. The van der Waals surface area contributed by atoms with Crippen molar-refractivity contribution >= 4 is 31.6 Å². The van der Waals surface area contributed by atoms with Gasteiger partial charge in [-0.15, -0.1) is 0 Å². The van der Waals surface area contributed by atoms with Crippen LogP contribution in [-0.4, -0.2) is 13.5 Å². The third-order valence-electron chi connectivity index (χ3n) is 3.16. The Bertz CT molecular complexity index is 744. The monoisotopic (exact) mass is 369 g/mol. The first-order valence-corrected chi connectivity index (χ1v) is 8.75. The van der Waals surface area contributed by atoms with Crippen molar-refractivity contribution in [1.29, 1.82) is 0 Å². The van der Waals surface area contributed by atoms with Gasteiger partial charge in [0.25, 0.3) is 10.0 Å². The van der Waals surface area contributed by atoms with Crippen molar-refractivity contribution < 1.29 is 13.5 Å². The van der Waals surface area contributed by atoms with Gasteiger partial charge in [0, 0.05) is 4.47 Å². The van der Waals surface area contributed by atoms with Crippen molar-refractivity contribution in [2.45, 2.75) is 24.8 Å². The van der Waals surface area contributed by atoms with Crippen LogP contribution in [0.25, 0.3) is 0 Å². The lowest BCUT2D eigenvalue weighted by Crippen LogP contribution is -2.14. The van der Waals surface area contributed by atoms with E-state index in [0.717, 1.165) is 12.0 Å². The van der Waals surface area contributed by atoms with Crippen LogP contribution in [0.4, 0.5) is 5.69 Å². The Balaban J connectivity index is 2.38. The predicted octanol–water partition coefficient (Wildman–Crippen LogP) is 3.30. The van der Waals surface area contributed by atoms with Gasteiger partial charge in [-0.3, -0.25) is 4.72 Å². The maximum absolute atomic E-state index is 12.4. The molecule has 0 saturated carbocycles. The summed E-state index contributed by atoms with van der Waals surface area (Å²) in [5.74, 6) is 0. The highest BCUT2D eigenvalue weighted by Gasteiger charge is 2.16. The lowest BCUT2D eigenvalue weighted by Gasteiger charge is -2.12. The van der Waals surface area contributed by atoms with Crippen LogP contribution in [0.5, 0.6) is 0 Å². The normalized spacial score (nSPS) is 11.4. The van der Waals surface area contributed by atoms with Crippen LogP contribution in [-0.2, 0) is 23.1 Å². The molecule has 0 aliphatic carbocycles. The molecule has 0 spiro atoms. The Morgan fingerprint density at radius 3 is 2.48 bits per heavy atom. The highest BCUT2D eigenvalue weighted by molar-refractivity contribution is 9.10. The van der Waals surface area contributed by atoms with Crippen molar-refractivity contribution in [1.82, 2.24) is 0 Å². The van der Waals surface area contributed by atoms with Crippen molar-refractivity contribution in [2.24, 2.45) is 0 Å². The molecule has 0 radical (unpaired) electrons. The summed E-state index contributed by atoms with van der Waals surface area (Å²) in [6.45, 7) is 1.78. The SMILES string of the molecule is CCc1ccc(S(=O)(=O)Nc2ccccc2Br)cc1CO. The molecule has 4 nitrogen and oxygen atoms in total. The minimum Gasteiger partial charge on any atom is -0.392 e. The quantitative estimate of drug-likeness (QED) is 0.849. The number of para-hydroxylation sites is 1. The van der Waals surface area contributed by atoms with Crippen LogP contribution in [0.1, 0.15) is 18.1 Å². The molecule has 0 unspecified atom stereocenters. The van der Waals surface area contributed by atoms with E-state index in [1.54, 1.807) is 30.3 Å². The molecular formula is C15H16BrNO3S. The molecule has 2 aromatic carbocycles. The zero-order chi connectivity index (χ0) is 15.5. The largest absolute Gasteiger partial charge is 0.392 e. The summed E-state index contributed by atoms with van der Waals surface area (Å²) in [6, 6.07) is 11.8. The number of hydrogen-bond donors (Lipinski definition) is 2. The molecule has 0 fully saturated rings. The predicted molar refractivity (Wildman–Crippen MR) is 86.7 cm³/mol. The number of anilines is 1. The van der Waals surface area contributed by atoms with Gasteiger partial charge in [-0.1, -0.05) is 25.1 Å². The summed E-state index contributed by atoms with van der Waals surface area (Å²) in [5, 5.41) is 9.35. The van der Waals surface area contributed by atoms with Crippen LogP contribution < -0.4 is 4.72 Å². The molecule has 21 heavy (non-hydrogen) atoms. The molecule has 0 heterocycles. The summed E-state index contributed by atoms with van der Waals surface area (Å²) >= 11 is 3.31. The van der Waals surface area contributed by atoms with Crippen LogP contribution >= 0.6 is 15.9 Å². The van der Waals surface area contributed by atoms with Gasteiger partial charge in [0.1, 0.15) is 0 Å². The fraction of sp³-hybridized carbons (Fsp3) is 0.200. The van der Waals surface area contributed by atoms with Crippen molar-refractivity contribution in [3.05, 3.63) is 58.1 Å². The number of rotatable bonds is 5. The fourth-order valence-electron chi connectivity index (χ4n) is 2.01. The van der Waals surface area contributed by atoms with Crippen LogP contribution in [0, 0.1) is 0 Å². The minimum atomic E-state index is -3.68. The Labute approximate surface area is 133 Å². The average Bonchev–Trinajstić information content (AvgIpc) is 2.48. The fourth-order valence-corrected chi connectivity index (χ4v) is 3.65. The van der Waals surface area contributed by atoms with Crippen molar-refractivity contribution in [3.63, 3.8) is 0 Å². The van der Waals surface area contributed by atoms with E-state index in [4.69, 9.17) is 0 Å². The van der Waals surface area contributed by atoms with Gasteiger partial charge < -0.3 is 5.11 Å². The zero-order valence-electron chi connectivity index (χ0n) is 11.5. The van der Waals surface area contributed by atoms with Crippen molar-refractivity contribution in [3.8, 4) is 0 Å². The maximum atomic E-state index is 12.4. The number of aryl methyl sites for hydroxylation is 1. The van der Waals surface area contributed by atoms with Gasteiger partial charge >= 0.3 is 0 Å². The lowest BCUT2D eigenvalue weighted by molar-refractivity contribution is 0.280. The molecule has 0 aromatic heterocycles. The molecule has 2 N–H and O–H groups in total. The maximum Gasteiger partial charge on any atom is 0.261 e. The third kappa shape index (κ3) is 3.64. The standard InChI is InChI=1S/C15H16BrNO3S/c1-2-11-7-8-13(9-12(11)10-18)21(19,20)17-15-6-4-3-5-14(15)16/h3-9,17-18H,2,10H2,1H3. The molecule has 6 heteroatoms. The third-order valence-corrected chi connectivity index (χ3v) is 5.21. The number of halogens is 1. The molecule has 0 saturated heterocycles. The van der Waals surface area contributed by atoms with Gasteiger partial charge in [-0.25, -0.2) is 8.42 Å². The zero-order valence-corrected chi connectivity index (χ0v) is 13.9. The molecule has 0 atom stereocenters. The summed E-state index contributed by atoms with van der Waals surface area (Å²) < 4.78 is 28.0. The van der Waals surface area contributed by atoms with E-state index in [9.17, 15) is 13.5 Å². The summed E-state index contributed by atoms with van der Waals surface area (Å²) in [5.41, 5.74) is 2.05. The van der Waals surface area contributed by atoms with Gasteiger partial charge in [-0.05, 0) is 57.7 Å². The molecule has 0 bridgehead atoms. The Kier molecular flexibility index (Phi) is 5.03. The number of hydrogen-bond acceptors (Lipinski definition) is 3.